The molecule has 0 fully saturated rings. The fraction of sp³-hybridized carbons (Fsp3) is 0.353. The number of nitrogens with zero attached hydrogens (tertiary/aromatic N) is 1. The van der Waals surface area contributed by atoms with Gasteiger partial charge in [0, 0.05) is 24.9 Å². The summed E-state index contributed by atoms with van der Waals surface area (Å²) in [5, 5.41) is 4.01. The molecule has 0 aliphatic rings. The number of pyridine rings is 1. The van der Waals surface area contributed by atoms with Gasteiger partial charge in [0.25, 0.3) is 0 Å². The van der Waals surface area contributed by atoms with Crippen LogP contribution in [0, 0.1) is 5.82 Å². The Hall–Kier alpha value is -1.45. The summed E-state index contributed by atoms with van der Waals surface area (Å²) in [6, 6.07) is 8.85. The van der Waals surface area contributed by atoms with Crippen LogP contribution in [-0.4, -0.2) is 18.1 Å². The maximum absolute atomic E-state index is 14.1. The number of aromatic nitrogens is 1. The fourth-order valence-electron chi connectivity index (χ4n) is 2.39. The number of benzene rings is 1. The molecule has 1 atom stereocenters. The molecule has 1 aromatic heterocycles. The van der Waals surface area contributed by atoms with Crippen LogP contribution in [0.15, 0.2) is 42.7 Å². The Morgan fingerprint density at radius 3 is 2.81 bits per heavy atom. The van der Waals surface area contributed by atoms with Crippen LogP contribution in [0.2, 0.25) is 5.02 Å². The number of rotatable bonds is 7. The smallest absolute Gasteiger partial charge is 0.126 e. The molecule has 21 heavy (non-hydrogen) atoms. The number of hydrogen-bond donors (Lipinski definition) is 1. The molecule has 1 N–H and O–H groups in total. The zero-order valence-electron chi connectivity index (χ0n) is 12.2. The number of halogens is 2. The lowest BCUT2D eigenvalue weighted by molar-refractivity contribution is 0.536. The predicted molar refractivity (Wildman–Crippen MR) is 85.3 cm³/mol. The van der Waals surface area contributed by atoms with Crippen LogP contribution >= 0.6 is 11.6 Å². The maximum Gasteiger partial charge on any atom is 0.126 e. The highest BCUT2D eigenvalue weighted by Crippen LogP contribution is 2.26. The standard InChI is InChI=1S/C17H20ClFN2/c1-2-8-20-11-14(15-5-3-4-6-17(15)19)10-13-7-9-21-12-16(13)18/h3-7,9,12,14,20H,2,8,10-11H2,1H3. The molecule has 0 radical (unpaired) electrons. The van der Waals surface area contributed by atoms with Crippen molar-refractivity contribution in [3.05, 3.63) is 64.7 Å². The van der Waals surface area contributed by atoms with E-state index in [1.165, 1.54) is 6.07 Å². The van der Waals surface area contributed by atoms with Crippen LogP contribution < -0.4 is 5.32 Å². The predicted octanol–water partition coefficient (Wildman–Crippen LogP) is 4.20. The van der Waals surface area contributed by atoms with Gasteiger partial charge in [0.05, 0.1) is 5.02 Å². The third-order valence-electron chi connectivity index (χ3n) is 3.49. The molecule has 112 valence electrons. The van der Waals surface area contributed by atoms with Crippen LogP contribution in [0.4, 0.5) is 4.39 Å². The molecule has 1 aromatic carbocycles. The molecule has 0 saturated carbocycles. The van der Waals surface area contributed by atoms with Crippen molar-refractivity contribution in [2.75, 3.05) is 13.1 Å². The van der Waals surface area contributed by atoms with Gasteiger partial charge in [0.15, 0.2) is 0 Å². The molecule has 0 spiro atoms. The minimum atomic E-state index is -0.161. The molecule has 2 rings (SSSR count). The van der Waals surface area contributed by atoms with E-state index in [1.54, 1.807) is 18.5 Å². The van der Waals surface area contributed by atoms with Crippen molar-refractivity contribution in [1.29, 1.82) is 0 Å². The molecule has 0 bridgehead atoms. The highest BCUT2D eigenvalue weighted by atomic mass is 35.5. The summed E-state index contributed by atoms with van der Waals surface area (Å²) in [7, 11) is 0. The first-order chi connectivity index (χ1) is 10.2. The van der Waals surface area contributed by atoms with E-state index in [4.69, 9.17) is 11.6 Å². The Kier molecular flexibility index (Phi) is 6.15. The van der Waals surface area contributed by atoms with Gasteiger partial charge in [-0.1, -0.05) is 36.7 Å². The van der Waals surface area contributed by atoms with E-state index < -0.39 is 0 Å². The molecule has 0 aliphatic carbocycles. The van der Waals surface area contributed by atoms with E-state index in [9.17, 15) is 4.39 Å². The first-order valence-electron chi connectivity index (χ1n) is 7.26. The average molecular weight is 307 g/mol. The molecule has 2 aromatic rings. The number of nitrogens with one attached hydrogen (secondary N) is 1. The molecule has 4 heteroatoms. The van der Waals surface area contributed by atoms with Gasteiger partial charge >= 0.3 is 0 Å². The quantitative estimate of drug-likeness (QED) is 0.776. The van der Waals surface area contributed by atoms with Gasteiger partial charge < -0.3 is 5.32 Å². The van der Waals surface area contributed by atoms with E-state index >= 15 is 0 Å². The summed E-state index contributed by atoms with van der Waals surface area (Å²) in [5.74, 6) is -0.108. The molecule has 0 aliphatic heterocycles. The second-order valence-corrected chi connectivity index (χ2v) is 5.50. The van der Waals surface area contributed by atoms with Gasteiger partial charge in [-0.2, -0.15) is 0 Å². The Balaban J connectivity index is 2.20. The molecular formula is C17H20ClFN2. The minimum absolute atomic E-state index is 0.0534. The van der Waals surface area contributed by atoms with Crippen molar-refractivity contribution in [2.45, 2.75) is 25.7 Å². The Morgan fingerprint density at radius 2 is 2.10 bits per heavy atom. The van der Waals surface area contributed by atoms with Gasteiger partial charge in [-0.25, -0.2) is 4.39 Å². The lowest BCUT2D eigenvalue weighted by Crippen LogP contribution is -2.24. The van der Waals surface area contributed by atoms with Crippen molar-refractivity contribution in [3.63, 3.8) is 0 Å². The van der Waals surface area contributed by atoms with E-state index in [-0.39, 0.29) is 11.7 Å². The SMILES string of the molecule is CCCNCC(Cc1ccncc1Cl)c1ccccc1F. The van der Waals surface area contributed by atoms with E-state index in [0.717, 1.165) is 30.6 Å². The first-order valence-corrected chi connectivity index (χ1v) is 7.63. The summed E-state index contributed by atoms with van der Waals surface area (Å²) in [4.78, 5) is 4.00. The average Bonchev–Trinajstić information content (AvgIpc) is 2.49. The fourth-order valence-corrected chi connectivity index (χ4v) is 2.58. The van der Waals surface area contributed by atoms with Crippen molar-refractivity contribution >= 4 is 11.6 Å². The molecule has 2 nitrogen and oxygen atoms in total. The van der Waals surface area contributed by atoms with Crippen molar-refractivity contribution < 1.29 is 4.39 Å². The van der Waals surface area contributed by atoms with Crippen LogP contribution in [-0.2, 0) is 6.42 Å². The summed E-state index contributed by atoms with van der Waals surface area (Å²) in [5.41, 5.74) is 1.73. The Morgan fingerprint density at radius 1 is 1.29 bits per heavy atom. The van der Waals surface area contributed by atoms with Crippen molar-refractivity contribution in [1.82, 2.24) is 10.3 Å². The molecule has 1 heterocycles. The Bertz CT molecular complexity index is 574. The topological polar surface area (TPSA) is 24.9 Å². The zero-order valence-corrected chi connectivity index (χ0v) is 12.9. The van der Waals surface area contributed by atoms with E-state index in [0.29, 0.717) is 11.4 Å². The lowest BCUT2D eigenvalue weighted by atomic mass is 9.91. The molecule has 1 unspecified atom stereocenters. The van der Waals surface area contributed by atoms with E-state index in [2.05, 4.69) is 17.2 Å². The third-order valence-corrected chi connectivity index (χ3v) is 3.83. The van der Waals surface area contributed by atoms with Crippen molar-refractivity contribution in [2.24, 2.45) is 0 Å². The second-order valence-electron chi connectivity index (χ2n) is 5.09. The van der Waals surface area contributed by atoms with Gasteiger partial charge in [0.2, 0.25) is 0 Å². The molecular weight excluding hydrogens is 287 g/mol. The maximum atomic E-state index is 14.1. The highest BCUT2D eigenvalue weighted by Gasteiger charge is 2.17. The largest absolute Gasteiger partial charge is 0.316 e. The van der Waals surface area contributed by atoms with Gasteiger partial charge in [-0.15, -0.1) is 0 Å². The lowest BCUT2D eigenvalue weighted by Gasteiger charge is -2.19. The zero-order chi connectivity index (χ0) is 15.1. The third kappa shape index (κ3) is 4.51. The monoisotopic (exact) mass is 306 g/mol. The summed E-state index contributed by atoms with van der Waals surface area (Å²) in [6.45, 7) is 3.77. The van der Waals surface area contributed by atoms with Crippen LogP contribution in [0.25, 0.3) is 0 Å². The number of hydrogen-bond acceptors (Lipinski definition) is 2. The second kappa shape index (κ2) is 8.11. The van der Waals surface area contributed by atoms with E-state index in [1.807, 2.05) is 18.2 Å². The molecule has 0 amide bonds. The summed E-state index contributed by atoms with van der Waals surface area (Å²) < 4.78 is 14.1. The molecule has 0 saturated heterocycles. The van der Waals surface area contributed by atoms with Crippen LogP contribution in [0.5, 0.6) is 0 Å². The van der Waals surface area contributed by atoms with Crippen LogP contribution in [0.1, 0.15) is 30.4 Å². The van der Waals surface area contributed by atoms with Gasteiger partial charge in [-0.3, -0.25) is 4.98 Å². The summed E-state index contributed by atoms with van der Waals surface area (Å²) >= 11 is 6.18. The first kappa shape index (κ1) is 15.9. The normalized spacial score (nSPS) is 12.3. The summed E-state index contributed by atoms with van der Waals surface area (Å²) in [6.07, 6.45) is 5.10. The van der Waals surface area contributed by atoms with Gasteiger partial charge in [-0.05, 0) is 42.6 Å². The Labute approximate surface area is 130 Å². The van der Waals surface area contributed by atoms with Crippen LogP contribution in [0.3, 0.4) is 0 Å². The minimum Gasteiger partial charge on any atom is -0.316 e. The van der Waals surface area contributed by atoms with Gasteiger partial charge in [0.1, 0.15) is 5.82 Å². The highest BCUT2D eigenvalue weighted by molar-refractivity contribution is 6.31. The van der Waals surface area contributed by atoms with Crippen molar-refractivity contribution in [3.8, 4) is 0 Å².